The second-order valence-electron chi connectivity index (χ2n) is 30.3. The smallest absolute Gasteiger partial charge is 0.220 e. The fourth-order valence-electron chi connectivity index (χ4n) is 14.3. The molecule has 2 fully saturated rings. The van der Waals surface area contributed by atoms with Crippen LogP contribution >= 0.6 is 0 Å². The van der Waals surface area contributed by atoms with Crippen LogP contribution in [0.5, 0.6) is 0 Å². The minimum absolute atomic E-state index is 0.198. The summed E-state index contributed by atoms with van der Waals surface area (Å²) in [6, 6.07) is -0.830. The van der Waals surface area contributed by atoms with E-state index < -0.39 is 86.8 Å². The third-order valence-electron chi connectivity index (χ3n) is 21.0. The lowest BCUT2D eigenvalue weighted by atomic mass is 9.97. The molecule has 0 saturated carbocycles. The first-order valence-corrected chi connectivity index (χ1v) is 43.0. The summed E-state index contributed by atoms with van der Waals surface area (Å²) in [6.45, 7) is 2.81. The van der Waals surface area contributed by atoms with Gasteiger partial charge in [-0.3, -0.25) is 4.79 Å². The highest BCUT2D eigenvalue weighted by atomic mass is 16.7. The Balaban J connectivity index is 1.55. The fourth-order valence-corrected chi connectivity index (χ4v) is 14.3. The molecule has 0 aromatic carbocycles. The molecule has 0 spiro atoms. The molecule has 2 aliphatic rings. The number of aliphatic hydroxyl groups is 8. The molecule has 2 aliphatic heterocycles. The maximum atomic E-state index is 13.4. The molecule has 9 N–H and O–H groups in total. The normalized spacial score (nSPS) is 22.0. The van der Waals surface area contributed by atoms with Crippen molar-refractivity contribution in [1.82, 2.24) is 5.32 Å². The number of aliphatic hydroxyl groups excluding tert-OH is 8. The van der Waals surface area contributed by atoms with Crippen molar-refractivity contribution in [3.63, 3.8) is 0 Å². The Kier molecular flexibility index (Phi) is 66.3. The Bertz CT molecular complexity index is 1930. The fraction of sp³-hybridized carbons (Fsp3) is 0.874. The number of carbonyl (C=O) groups excluding carboxylic acids is 1. The van der Waals surface area contributed by atoms with Crippen molar-refractivity contribution in [2.45, 2.75) is 466 Å². The van der Waals surface area contributed by atoms with E-state index in [1.807, 2.05) is 0 Å². The maximum Gasteiger partial charge on any atom is 0.220 e. The highest BCUT2D eigenvalue weighted by Gasteiger charge is 2.51. The third-order valence-corrected chi connectivity index (χ3v) is 21.0. The van der Waals surface area contributed by atoms with Crippen molar-refractivity contribution in [1.29, 1.82) is 0 Å². The van der Waals surface area contributed by atoms with Gasteiger partial charge < -0.3 is 65.1 Å². The first-order chi connectivity index (χ1) is 49.6. The number of unbranched alkanes of at least 4 members (excludes halogenated alkanes) is 50. The van der Waals surface area contributed by atoms with Gasteiger partial charge in [0.05, 0.1) is 32.0 Å². The molecule has 14 nitrogen and oxygen atoms in total. The van der Waals surface area contributed by atoms with Gasteiger partial charge in [-0.05, 0) is 57.8 Å². The Morgan fingerprint density at radius 2 is 0.683 bits per heavy atom. The molecule has 0 aliphatic carbocycles. The van der Waals surface area contributed by atoms with Crippen LogP contribution in [0.2, 0.25) is 0 Å². The van der Waals surface area contributed by atoms with E-state index in [0.29, 0.717) is 12.8 Å². The molecule has 0 bridgehead atoms. The van der Waals surface area contributed by atoms with Crippen LogP contribution in [0.1, 0.15) is 393 Å². The topological polar surface area (TPSA) is 228 Å². The zero-order valence-electron chi connectivity index (χ0n) is 65.2. The second kappa shape index (κ2) is 70.7. The van der Waals surface area contributed by atoms with Crippen molar-refractivity contribution < 1.29 is 64.6 Å². The van der Waals surface area contributed by atoms with E-state index in [1.54, 1.807) is 0 Å². The second-order valence-corrected chi connectivity index (χ2v) is 30.3. The summed E-state index contributed by atoms with van der Waals surface area (Å²) in [5, 5.41) is 88.0. The largest absolute Gasteiger partial charge is 0.394 e. The van der Waals surface area contributed by atoms with Gasteiger partial charge >= 0.3 is 0 Å². The van der Waals surface area contributed by atoms with E-state index in [1.165, 1.54) is 283 Å². The summed E-state index contributed by atoms with van der Waals surface area (Å²) in [4.78, 5) is 13.4. The van der Waals surface area contributed by atoms with Gasteiger partial charge in [0, 0.05) is 6.42 Å². The molecular formula is C87H161NO13. The summed E-state index contributed by atoms with van der Waals surface area (Å²) in [5.41, 5.74) is 0. The van der Waals surface area contributed by atoms with Crippen molar-refractivity contribution in [3.05, 3.63) is 60.8 Å². The zero-order chi connectivity index (χ0) is 73.0. The van der Waals surface area contributed by atoms with E-state index in [2.05, 4.69) is 79.9 Å². The number of nitrogens with one attached hydrogen (secondary N) is 1. The van der Waals surface area contributed by atoms with E-state index in [9.17, 15) is 45.6 Å². The number of hydrogen-bond acceptors (Lipinski definition) is 13. The predicted molar refractivity (Wildman–Crippen MR) is 420 cm³/mol. The van der Waals surface area contributed by atoms with Crippen LogP contribution in [-0.4, -0.2) is 140 Å². The van der Waals surface area contributed by atoms with Crippen LogP contribution in [0, 0.1) is 0 Å². The summed E-state index contributed by atoms with van der Waals surface area (Å²) in [7, 11) is 0. The van der Waals surface area contributed by atoms with Gasteiger partial charge in [0.2, 0.25) is 5.91 Å². The highest BCUT2D eigenvalue weighted by molar-refractivity contribution is 5.76. The Labute approximate surface area is 619 Å². The summed E-state index contributed by atoms with van der Waals surface area (Å²) < 4.78 is 23.0. The molecular weight excluding hydrogens is 1270 g/mol. The molecule has 2 heterocycles. The molecule has 1 amide bonds. The van der Waals surface area contributed by atoms with Gasteiger partial charge in [0.1, 0.15) is 48.8 Å². The van der Waals surface area contributed by atoms with Crippen molar-refractivity contribution in [2.24, 2.45) is 0 Å². The summed E-state index contributed by atoms with van der Waals surface area (Å²) in [5.74, 6) is -0.198. The molecule has 14 heteroatoms. The first kappa shape index (κ1) is 94.8. The average molecular weight is 1430 g/mol. The molecule has 0 aromatic heterocycles. The number of hydrogen-bond donors (Lipinski definition) is 9. The average Bonchev–Trinajstić information content (AvgIpc) is 0.792. The molecule has 2 rings (SSSR count). The van der Waals surface area contributed by atoms with E-state index in [-0.39, 0.29) is 12.5 Å². The van der Waals surface area contributed by atoms with Crippen LogP contribution in [0.25, 0.3) is 0 Å². The molecule has 2 saturated heterocycles. The monoisotopic (exact) mass is 1430 g/mol. The van der Waals surface area contributed by atoms with Gasteiger partial charge in [-0.25, -0.2) is 0 Å². The van der Waals surface area contributed by atoms with E-state index >= 15 is 0 Å². The lowest BCUT2D eigenvalue weighted by Crippen LogP contribution is -2.65. The Morgan fingerprint density at radius 1 is 0.366 bits per heavy atom. The predicted octanol–water partition coefficient (Wildman–Crippen LogP) is 20.3. The first-order valence-electron chi connectivity index (χ1n) is 43.0. The van der Waals surface area contributed by atoms with Crippen LogP contribution in [0.15, 0.2) is 60.8 Å². The number of carbonyl (C=O) groups is 1. The highest BCUT2D eigenvalue weighted by Crippen LogP contribution is 2.31. The molecule has 0 aromatic rings. The van der Waals surface area contributed by atoms with Crippen molar-refractivity contribution in [2.75, 3.05) is 19.8 Å². The van der Waals surface area contributed by atoms with Crippen molar-refractivity contribution >= 4 is 5.91 Å². The molecule has 101 heavy (non-hydrogen) atoms. The van der Waals surface area contributed by atoms with Crippen LogP contribution in [-0.2, 0) is 23.7 Å². The minimum Gasteiger partial charge on any atom is -0.394 e. The third kappa shape index (κ3) is 53.2. The maximum absolute atomic E-state index is 13.4. The number of allylic oxidation sites excluding steroid dienone is 10. The van der Waals surface area contributed by atoms with Gasteiger partial charge in [-0.2, -0.15) is 0 Å². The minimum atomic E-state index is -1.78. The van der Waals surface area contributed by atoms with Gasteiger partial charge in [0.15, 0.2) is 12.6 Å². The van der Waals surface area contributed by atoms with Crippen LogP contribution in [0.3, 0.4) is 0 Å². The Hall–Kier alpha value is -2.31. The summed E-state index contributed by atoms with van der Waals surface area (Å²) in [6.07, 6.45) is 80.0. The van der Waals surface area contributed by atoms with Crippen molar-refractivity contribution in [3.8, 4) is 0 Å². The van der Waals surface area contributed by atoms with Crippen LogP contribution < -0.4 is 5.32 Å². The summed E-state index contributed by atoms with van der Waals surface area (Å²) >= 11 is 0. The lowest BCUT2D eigenvalue weighted by Gasteiger charge is -2.46. The number of amides is 1. The van der Waals surface area contributed by atoms with E-state index in [4.69, 9.17) is 18.9 Å². The van der Waals surface area contributed by atoms with Gasteiger partial charge in [0.25, 0.3) is 0 Å². The van der Waals surface area contributed by atoms with Crippen LogP contribution in [0.4, 0.5) is 0 Å². The Morgan fingerprint density at radius 3 is 1.05 bits per heavy atom. The molecule has 0 radical (unpaired) electrons. The molecule has 592 valence electrons. The molecule has 12 unspecified atom stereocenters. The lowest BCUT2D eigenvalue weighted by molar-refractivity contribution is -0.359. The van der Waals surface area contributed by atoms with Gasteiger partial charge in [-0.1, -0.05) is 389 Å². The number of ether oxygens (including phenoxy) is 4. The molecule has 12 atom stereocenters. The quantitative estimate of drug-likeness (QED) is 0.0204. The van der Waals surface area contributed by atoms with E-state index in [0.717, 1.165) is 83.5 Å². The number of rotatable bonds is 73. The zero-order valence-corrected chi connectivity index (χ0v) is 65.2. The standard InChI is InChI=1S/C87H161NO13/c1-3-5-7-9-11-13-15-17-19-21-23-25-27-29-31-32-33-34-35-36-37-38-39-40-41-42-43-44-45-47-49-51-53-55-57-59-61-63-65-67-69-71-79(92)88-75(74-98-86-84(97)82(95)85(78(73-90)100-86)101-87-83(96)81(94)80(93)77(72-89)99-87)76(91)70-68-66-64-62-60-58-56-54-52-50-48-46-30-28-26-24-22-20-18-16-14-12-10-8-6-4-2/h5,7,11,13,17,19,23,25,29,31,75-78,80-87,89-91,93-97H,3-4,6,8-10,12,14-16,18,20-22,24,26-28,30,32-74H2,1-2H3,(H,88,92)/b7-5-,13-11-,19-17-,25-23-,31-29-. The van der Waals surface area contributed by atoms with Gasteiger partial charge in [-0.15, -0.1) is 0 Å². The SMILES string of the molecule is CC/C=C\C/C=C\C/C=C\C/C=C\C/C=C\CCCCCCCCCCCCCCCCCCCCCCCCCCCC(=O)NC(COC1OC(CO)C(OC2OC(CO)C(O)C(O)C2O)C(O)C1O)C(O)CCCCCCCCCCCCCCCCCCCCCCCCCCCC.